The number of hydrogen-bond acceptors (Lipinski definition) is 6. The van der Waals surface area contributed by atoms with E-state index in [1.165, 1.54) is 4.90 Å². The normalized spacial score (nSPS) is 13.0. The number of amides is 3. The van der Waals surface area contributed by atoms with Crippen LogP contribution in [0.2, 0.25) is 0 Å². The Bertz CT molecular complexity index is 1170. The van der Waals surface area contributed by atoms with Gasteiger partial charge < -0.3 is 25.0 Å². The van der Waals surface area contributed by atoms with Crippen LogP contribution in [-0.4, -0.2) is 59.1 Å². The Kier molecular flexibility index (Phi) is 11.3. The predicted molar refractivity (Wildman–Crippen MR) is 153 cm³/mol. The van der Waals surface area contributed by atoms with E-state index in [0.717, 1.165) is 11.1 Å². The molecule has 2 aromatic rings. The smallest absolute Gasteiger partial charge is 0.408 e. The van der Waals surface area contributed by atoms with Gasteiger partial charge in [-0.1, -0.05) is 60.2 Å². The van der Waals surface area contributed by atoms with Crippen LogP contribution in [0.4, 0.5) is 4.79 Å². The Morgan fingerprint density at radius 3 is 2.05 bits per heavy atom. The Labute approximate surface area is 237 Å². The molecule has 9 nitrogen and oxygen atoms in total. The molecule has 0 aromatic heterocycles. The second-order valence-corrected chi connectivity index (χ2v) is 11.6. The lowest BCUT2D eigenvalue weighted by Crippen LogP contribution is -2.52. The van der Waals surface area contributed by atoms with Gasteiger partial charge in [0.25, 0.3) is 0 Å². The number of hydrogen-bond donors (Lipinski definition) is 2. The molecule has 2 atom stereocenters. The number of nitrogens with zero attached hydrogens (tertiary/aromatic N) is 1. The van der Waals surface area contributed by atoms with E-state index in [1.807, 2.05) is 49.4 Å². The second kappa shape index (κ2) is 14.0. The van der Waals surface area contributed by atoms with Crippen molar-refractivity contribution in [2.75, 3.05) is 13.1 Å². The number of aryl methyl sites for hydroxylation is 1. The van der Waals surface area contributed by atoms with E-state index >= 15 is 0 Å². The highest BCUT2D eigenvalue weighted by Gasteiger charge is 2.35. The van der Waals surface area contributed by atoms with Crippen LogP contribution < -0.4 is 10.6 Å². The number of ether oxygens (including phenoxy) is 2. The lowest BCUT2D eigenvalue weighted by Gasteiger charge is -2.32. The van der Waals surface area contributed by atoms with E-state index < -0.39 is 47.2 Å². The van der Waals surface area contributed by atoms with Gasteiger partial charge in [-0.05, 0) is 66.5 Å². The summed E-state index contributed by atoms with van der Waals surface area (Å²) in [5, 5.41) is 5.32. The van der Waals surface area contributed by atoms with Gasteiger partial charge in [0.15, 0.2) is 0 Å². The Hall–Kier alpha value is -3.88. The highest BCUT2D eigenvalue weighted by Crippen LogP contribution is 2.23. The largest absolute Gasteiger partial charge is 0.458 e. The molecule has 2 N–H and O–H groups in total. The number of nitrogens with one attached hydrogen (secondary N) is 2. The van der Waals surface area contributed by atoms with Crippen molar-refractivity contribution < 1.29 is 28.7 Å². The highest BCUT2D eigenvalue weighted by molar-refractivity contribution is 5.92. The van der Waals surface area contributed by atoms with Gasteiger partial charge in [0.1, 0.15) is 29.8 Å². The van der Waals surface area contributed by atoms with E-state index in [2.05, 4.69) is 10.6 Å². The van der Waals surface area contributed by atoms with E-state index in [4.69, 9.17) is 9.47 Å². The van der Waals surface area contributed by atoms with Gasteiger partial charge in [-0.15, -0.1) is 0 Å². The first kappa shape index (κ1) is 32.3. The van der Waals surface area contributed by atoms with Gasteiger partial charge in [-0.3, -0.25) is 9.59 Å². The fourth-order valence-corrected chi connectivity index (χ4v) is 4.05. The van der Waals surface area contributed by atoms with Crippen LogP contribution in [0.1, 0.15) is 71.2 Å². The van der Waals surface area contributed by atoms with Crippen molar-refractivity contribution >= 4 is 23.9 Å². The zero-order valence-electron chi connectivity index (χ0n) is 24.9. The number of esters is 1. The maximum atomic E-state index is 13.9. The van der Waals surface area contributed by atoms with E-state index in [9.17, 15) is 19.2 Å². The summed E-state index contributed by atoms with van der Waals surface area (Å²) >= 11 is 0. The lowest BCUT2D eigenvalue weighted by atomic mass is 10.00. The monoisotopic (exact) mass is 553 g/mol. The third-order valence-electron chi connectivity index (χ3n) is 5.65. The minimum atomic E-state index is -1.06. The van der Waals surface area contributed by atoms with Crippen molar-refractivity contribution in [1.29, 1.82) is 0 Å². The summed E-state index contributed by atoms with van der Waals surface area (Å²) in [5.41, 5.74) is 0.838. The maximum Gasteiger partial charge on any atom is 0.408 e. The van der Waals surface area contributed by atoms with Gasteiger partial charge in [-0.2, -0.15) is 0 Å². The minimum Gasteiger partial charge on any atom is -0.458 e. The van der Waals surface area contributed by atoms with Crippen molar-refractivity contribution in [3.8, 4) is 0 Å². The van der Waals surface area contributed by atoms with Crippen LogP contribution >= 0.6 is 0 Å². The SMILES string of the molecule is CCN(C(=O)CNC(=O)OC(C)(C)C)C(C(=O)NC(Cc1ccccc1)C(=O)OC(C)(C)C)c1cccc(C)c1. The standard InChI is InChI=1S/C31H43N3O6/c1-9-34(25(35)20-32-29(38)40-31(6,7)8)26(23-17-13-14-21(2)18-23)27(36)33-24(28(37)39-30(3,4)5)19-22-15-11-10-12-16-22/h10-18,24,26H,9,19-20H2,1-8H3,(H,32,38)(H,33,36). The molecule has 0 aliphatic carbocycles. The zero-order valence-corrected chi connectivity index (χ0v) is 24.9. The Morgan fingerprint density at radius 1 is 0.875 bits per heavy atom. The number of likely N-dealkylation sites (N-methyl/N-ethyl adjacent to an activating group) is 1. The molecule has 0 saturated carbocycles. The molecule has 0 fully saturated rings. The molecular formula is C31H43N3O6. The van der Waals surface area contributed by atoms with Crippen LogP contribution in [0.15, 0.2) is 54.6 Å². The summed E-state index contributed by atoms with van der Waals surface area (Å²) in [6.07, 6.45) is -0.524. The van der Waals surface area contributed by atoms with E-state index in [1.54, 1.807) is 60.6 Å². The van der Waals surface area contributed by atoms with Gasteiger partial charge in [0, 0.05) is 13.0 Å². The molecule has 40 heavy (non-hydrogen) atoms. The molecule has 3 amide bonds. The van der Waals surface area contributed by atoms with Crippen LogP contribution in [0, 0.1) is 6.92 Å². The fourth-order valence-electron chi connectivity index (χ4n) is 4.05. The molecule has 2 aromatic carbocycles. The second-order valence-electron chi connectivity index (χ2n) is 11.6. The first-order chi connectivity index (χ1) is 18.6. The quantitative estimate of drug-likeness (QED) is 0.420. The van der Waals surface area contributed by atoms with Gasteiger partial charge >= 0.3 is 12.1 Å². The summed E-state index contributed by atoms with van der Waals surface area (Å²) in [6, 6.07) is 14.5. The first-order valence-electron chi connectivity index (χ1n) is 13.5. The summed E-state index contributed by atoms with van der Waals surface area (Å²) in [5.74, 6) is -1.59. The lowest BCUT2D eigenvalue weighted by molar-refractivity contribution is -0.159. The molecule has 2 unspecified atom stereocenters. The minimum absolute atomic E-state index is 0.177. The summed E-state index contributed by atoms with van der Waals surface area (Å²) < 4.78 is 10.9. The summed E-state index contributed by atoms with van der Waals surface area (Å²) in [7, 11) is 0. The molecule has 0 saturated heterocycles. The van der Waals surface area contributed by atoms with Gasteiger partial charge in [0.2, 0.25) is 11.8 Å². The van der Waals surface area contributed by atoms with Crippen molar-refractivity contribution in [3.63, 3.8) is 0 Å². The number of benzene rings is 2. The molecular weight excluding hydrogens is 510 g/mol. The molecule has 9 heteroatoms. The van der Waals surface area contributed by atoms with Crippen molar-refractivity contribution in [3.05, 3.63) is 71.3 Å². The molecule has 0 bridgehead atoms. The number of alkyl carbamates (subject to hydrolysis) is 1. The molecule has 2 rings (SSSR count). The van der Waals surface area contributed by atoms with Crippen molar-refractivity contribution in [2.24, 2.45) is 0 Å². The van der Waals surface area contributed by atoms with E-state index in [-0.39, 0.29) is 19.5 Å². The molecule has 0 heterocycles. The highest BCUT2D eigenvalue weighted by atomic mass is 16.6. The van der Waals surface area contributed by atoms with Gasteiger partial charge in [-0.25, -0.2) is 9.59 Å². The maximum absolute atomic E-state index is 13.9. The third-order valence-corrected chi connectivity index (χ3v) is 5.65. The molecule has 218 valence electrons. The van der Waals surface area contributed by atoms with E-state index in [0.29, 0.717) is 5.56 Å². The van der Waals surface area contributed by atoms with Gasteiger partial charge in [0.05, 0.1) is 0 Å². The van der Waals surface area contributed by atoms with Crippen LogP contribution in [0.3, 0.4) is 0 Å². The summed E-state index contributed by atoms with van der Waals surface area (Å²) in [4.78, 5) is 54.0. The molecule has 0 aliphatic heterocycles. The fraction of sp³-hybridized carbons (Fsp3) is 0.484. The number of carbonyl (C=O) groups is 4. The Morgan fingerprint density at radius 2 is 1.50 bits per heavy atom. The van der Waals surface area contributed by atoms with Crippen LogP contribution in [0.5, 0.6) is 0 Å². The average molecular weight is 554 g/mol. The average Bonchev–Trinajstić information content (AvgIpc) is 2.83. The molecule has 0 radical (unpaired) electrons. The van der Waals surface area contributed by atoms with Crippen molar-refractivity contribution in [2.45, 2.75) is 85.1 Å². The van der Waals surface area contributed by atoms with Crippen molar-refractivity contribution in [1.82, 2.24) is 15.5 Å². The Balaban J connectivity index is 2.38. The number of carbonyl (C=O) groups excluding carboxylic acids is 4. The predicted octanol–water partition coefficient (Wildman–Crippen LogP) is 4.48. The molecule has 0 aliphatic rings. The van der Waals surface area contributed by atoms with Crippen LogP contribution in [-0.2, 0) is 30.3 Å². The third kappa shape index (κ3) is 10.7. The first-order valence-corrected chi connectivity index (χ1v) is 13.5. The zero-order chi connectivity index (χ0) is 30.1. The topological polar surface area (TPSA) is 114 Å². The van der Waals surface area contributed by atoms with Crippen LogP contribution in [0.25, 0.3) is 0 Å². The number of rotatable bonds is 10. The summed E-state index contributed by atoms with van der Waals surface area (Å²) in [6.45, 7) is 13.9. The molecule has 0 spiro atoms.